The summed E-state index contributed by atoms with van der Waals surface area (Å²) in [5.74, 6) is -0.476. The molecule has 25 heavy (non-hydrogen) atoms. The van der Waals surface area contributed by atoms with Gasteiger partial charge in [0.2, 0.25) is 0 Å². The molecule has 0 bridgehead atoms. The molecule has 0 atom stereocenters. The number of hydrogen-bond acceptors (Lipinski definition) is 5. The fraction of sp³-hybridized carbons (Fsp3) is 0.158. The fourth-order valence-electron chi connectivity index (χ4n) is 2.65. The van der Waals surface area contributed by atoms with Crippen LogP contribution < -0.4 is 0 Å². The second-order valence-corrected chi connectivity index (χ2v) is 5.92. The SMILES string of the molecule is Cc1ccn2cc(C(=O)OCc3nc4ccccc4nc3C)nc2c1. The van der Waals surface area contributed by atoms with Crippen LogP contribution in [0.3, 0.4) is 0 Å². The highest BCUT2D eigenvalue weighted by molar-refractivity contribution is 5.88. The standard InChI is InChI=1S/C19H16N4O2/c1-12-7-8-23-10-16(22-18(23)9-12)19(24)25-11-17-13(2)20-14-5-3-4-6-15(14)21-17/h3-10H,11H2,1-2H3. The maximum atomic E-state index is 12.3. The Balaban J connectivity index is 1.55. The van der Waals surface area contributed by atoms with Crippen molar-refractivity contribution >= 4 is 22.6 Å². The molecular weight excluding hydrogens is 316 g/mol. The minimum absolute atomic E-state index is 0.0649. The molecule has 4 rings (SSSR count). The van der Waals surface area contributed by atoms with Crippen LogP contribution in [0, 0.1) is 13.8 Å². The number of aryl methyl sites for hydroxylation is 2. The van der Waals surface area contributed by atoms with Crippen molar-refractivity contribution in [2.24, 2.45) is 0 Å². The van der Waals surface area contributed by atoms with E-state index < -0.39 is 5.97 Å². The molecule has 0 radical (unpaired) electrons. The van der Waals surface area contributed by atoms with Crippen LogP contribution in [0.25, 0.3) is 16.7 Å². The largest absolute Gasteiger partial charge is 0.454 e. The molecule has 0 saturated heterocycles. The predicted octanol–water partition coefficient (Wildman–Crippen LogP) is 3.25. The normalized spacial score (nSPS) is 11.1. The molecule has 0 saturated carbocycles. The number of hydrogen-bond donors (Lipinski definition) is 0. The summed E-state index contributed by atoms with van der Waals surface area (Å²) in [6.07, 6.45) is 3.53. The Kier molecular flexibility index (Phi) is 3.65. The van der Waals surface area contributed by atoms with E-state index in [0.717, 1.165) is 22.3 Å². The van der Waals surface area contributed by atoms with E-state index in [0.29, 0.717) is 11.3 Å². The first kappa shape index (κ1) is 15.3. The highest BCUT2D eigenvalue weighted by atomic mass is 16.5. The molecule has 0 spiro atoms. The van der Waals surface area contributed by atoms with Crippen LogP contribution in [0.15, 0.2) is 48.8 Å². The number of nitrogens with zero attached hydrogens (tertiary/aromatic N) is 4. The van der Waals surface area contributed by atoms with Crippen molar-refractivity contribution in [3.63, 3.8) is 0 Å². The molecule has 0 aliphatic rings. The second-order valence-electron chi connectivity index (χ2n) is 5.92. The molecule has 0 aliphatic carbocycles. The van der Waals surface area contributed by atoms with Gasteiger partial charge in [0.05, 0.1) is 22.4 Å². The van der Waals surface area contributed by atoms with Crippen LogP contribution in [0.1, 0.15) is 27.4 Å². The van der Waals surface area contributed by atoms with Gasteiger partial charge in [0.1, 0.15) is 12.3 Å². The number of para-hydroxylation sites is 2. The van der Waals surface area contributed by atoms with Crippen molar-refractivity contribution in [1.29, 1.82) is 0 Å². The Morgan fingerprint density at radius 1 is 1.08 bits per heavy atom. The Morgan fingerprint density at radius 2 is 1.84 bits per heavy atom. The Labute approximate surface area is 144 Å². The molecule has 6 nitrogen and oxygen atoms in total. The number of imidazole rings is 1. The van der Waals surface area contributed by atoms with E-state index in [1.165, 1.54) is 0 Å². The van der Waals surface area contributed by atoms with Gasteiger partial charge < -0.3 is 9.14 Å². The second kappa shape index (κ2) is 5.98. The molecule has 0 unspecified atom stereocenters. The topological polar surface area (TPSA) is 69.4 Å². The van der Waals surface area contributed by atoms with E-state index in [-0.39, 0.29) is 12.3 Å². The third-order valence-electron chi connectivity index (χ3n) is 4.01. The van der Waals surface area contributed by atoms with E-state index in [9.17, 15) is 4.79 Å². The lowest BCUT2D eigenvalue weighted by Gasteiger charge is -2.07. The van der Waals surface area contributed by atoms with E-state index in [4.69, 9.17) is 4.74 Å². The number of esters is 1. The average Bonchev–Trinajstić information content (AvgIpc) is 3.02. The van der Waals surface area contributed by atoms with Crippen LogP contribution in [-0.2, 0) is 11.3 Å². The molecule has 4 aromatic rings. The van der Waals surface area contributed by atoms with Gasteiger partial charge in [0.15, 0.2) is 5.69 Å². The smallest absolute Gasteiger partial charge is 0.358 e. The quantitative estimate of drug-likeness (QED) is 0.539. The summed E-state index contributed by atoms with van der Waals surface area (Å²) in [5.41, 5.74) is 5.07. The number of benzene rings is 1. The number of carbonyl (C=O) groups is 1. The molecule has 0 aliphatic heterocycles. The molecule has 0 N–H and O–H groups in total. The van der Waals surface area contributed by atoms with Crippen molar-refractivity contribution in [3.8, 4) is 0 Å². The summed E-state index contributed by atoms with van der Waals surface area (Å²) >= 11 is 0. The molecule has 1 aromatic carbocycles. The molecule has 0 amide bonds. The lowest BCUT2D eigenvalue weighted by atomic mass is 10.2. The molecule has 124 valence electrons. The molecule has 0 fully saturated rings. The van der Waals surface area contributed by atoms with Crippen molar-refractivity contribution < 1.29 is 9.53 Å². The number of ether oxygens (including phenoxy) is 1. The first-order valence-electron chi connectivity index (χ1n) is 7.95. The Hall–Kier alpha value is -3.28. The van der Waals surface area contributed by atoms with Gasteiger partial charge in [0.25, 0.3) is 0 Å². The fourth-order valence-corrected chi connectivity index (χ4v) is 2.65. The highest BCUT2D eigenvalue weighted by Gasteiger charge is 2.14. The minimum Gasteiger partial charge on any atom is -0.454 e. The zero-order valence-electron chi connectivity index (χ0n) is 13.9. The summed E-state index contributed by atoms with van der Waals surface area (Å²) in [6.45, 7) is 3.90. The summed E-state index contributed by atoms with van der Waals surface area (Å²) in [7, 11) is 0. The van der Waals surface area contributed by atoms with Gasteiger partial charge in [0, 0.05) is 12.4 Å². The van der Waals surface area contributed by atoms with Gasteiger partial charge in [-0.2, -0.15) is 0 Å². The monoisotopic (exact) mass is 332 g/mol. The average molecular weight is 332 g/mol. The van der Waals surface area contributed by atoms with Gasteiger partial charge >= 0.3 is 5.97 Å². The predicted molar refractivity (Wildman–Crippen MR) is 93.3 cm³/mol. The zero-order chi connectivity index (χ0) is 17.4. The van der Waals surface area contributed by atoms with Crippen LogP contribution in [0.4, 0.5) is 0 Å². The number of rotatable bonds is 3. The number of pyridine rings is 1. The van der Waals surface area contributed by atoms with Crippen molar-refractivity contribution in [2.75, 3.05) is 0 Å². The van der Waals surface area contributed by atoms with Gasteiger partial charge in [-0.05, 0) is 43.7 Å². The van der Waals surface area contributed by atoms with Crippen LogP contribution in [0.5, 0.6) is 0 Å². The first-order valence-corrected chi connectivity index (χ1v) is 7.95. The minimum atomic E-state index is -0.476. The number of aromatic nitrogens is 4. The number of fused-ring (bicyclic) bond motifs is 2. The first-order chi connectivity index (χ1) is 12.1. The van der Waals surface area contributed by atoms with E-state index in [1.807, 2.05) is 56.4 Å². The van der Waals surface area contributed by atoms with Crippen molar-refractivity contribution in [3.05, 3.63) is 71.4 Å². The van der Waals surface area contributed by atoms with Gasteiger partial charge in [-0.25, -0.2) is 19.7 Å². The van der Waals surface area contributed by atoms with E-state index in [2.05, 4.69) is 15.0 Å². The number of carbonyl (C=O) groups excluding carboxylic acids is 1. The van der Waals surface area contributed by atoms with Gasteiger partial charge in [-0.15, -0.1) is 0 Å². The van der Waals surface area contributed by atoms with Crippen LogP contribution >= 0.6 is 0 Å². The molecular formula is C19H16N4O2. The van der Waals surface area contributed by atoms with Gasteiger partial charge in [-0.1, -0.05) is 12.1 Å². The van der Waals surface area contributed by atoms with Crippen LogP contribution in [0.2, 0.25) is 0 Å². The summed E-state index contributed by atoms with van der Waals surface area (Å²) in [6, 6.07) is 11.5. The third kappa shape index (κ3) is 2.94. The van der Waals surface area contributed by atoms with Crippen LogP contribution in [-0.4, -0.2) is 25.3 Å². The summed E-state index contributed by atoms with van der Waals surface area (Å²) in [5, 5.41) is 0. The highest BCUT2D eigenvalue weighted by Crippen LogP contribution is 2.14. The third-order valence-corrected chi connectivity index (χ3v) is 4.01. The Bertz CT molecular complexity index is 1100. The summed E-state index contributed by atoms with van der Waals surface area (Å²) < 4.78 is 7.18. The maximum absolute atomic E-state index is 12.3. The zero-order valence-corrected chi connectivity index (χ0v) is 13.9. The molecule has 6 heteroatoms. The van der Waals surface area contributed by atoms with Crippen molar-refractivity contribution in [1.82, 2.24) is 19.4 Å². The van der Waals surface area contributed by atoms with E-state index >= 15 is 0 Å². The lowest BCUT2D eigenvalue weighted by Crippen LogP contribution is -2.08. The molecule has 3 aromatic heterocycles. The van der Waals surface area contributed by atoms with E-state index in [1.54, 1.807) is 10.6 Å². The summed E-state index contributed by atoms with van der Waals surface area (Å²) in [4.78, 5) is 25.6. The molecule has 3 heterocycles. The lowest BCUT2D eigenvalue weighted by molar-refractivity contribution is 0.0461. The maximum Gasteiger partial charge on any atom is 0.358 e. The van der Waals surface area contributed by atoms with Gasteiger partial charge in [-0.3, -0.25) is 0 Å². The Morgan fingerprint density at radius 3 is 2.64 bits per heavy atom. The van der Waals surface area contributed by atoms with Crippen molar-refractivity contribution in [2.45, 2.75) is 20.5 Å².